The van der Waals surface area contributed by atoms with Gasteiger partial charge in [-0.25, -0.2) is 0 Å². The Morgan fingerprint density at radius 2 is 1.68 bits per heavy atom. The molecule has 1 N–H and O–H groups in total. The first kappa shape index (κ1) is 13.5. The minimum atomic E-state index is 0.231. The number of thiophene rings is 1. The fraction of sp³-hybridized carbons (Fsp3) is 0.417. The van der Waals surface area contributed by atoms with E-state index in [1.807, 2.05) is 0 Å². The molecule has 0 radical (unpaired) electrons. The summed E-state index contributed by atoms with van der Waals surface area (Å²) in [7, 11) is 3.01. The zero-order valence-electron chi connectivity index (χ0n) is 11.1. The lowest BCUT2D eigenvalue weighted by Gasteiger charge is -2.06. The van der Waals surface area contributed by atoms with Crippen LogP contribution in [-0.2, 0) is 13.0 Å². The largest absolute Gasteiger partial charge is 0.467 e. The smallest absolute Gasteiger partial charge is 0.324 e. The summed E-state index contributed by atoms with van der Waals surface area (Å²) in [6, 6.07) is 4.70. The van der Waals surface area contributed by atoms with Gasteiger partial charge in [0.05, 0.1) is 20.8 Å². The minimum Gasteiger partial charge on any atom is -0.467 e. The van der Waals surface area contributed by atoms with E-state index in [9.17, 15) is 0 Å². The Morgan fingerprint density at radius 3 is 2.21 bits per heavy atom. The Morgan fingerprint density at radius 1 is 1.05 bits per heavy atom. The van der Waals surface area contributed by atoms with Crippen LogP contribution in [0.25, 0.3) is 0 Å². The molecule has 7 heteroatoms. The number of nitrogens with one attached hydrogen (secondary N) is 1. The van der Waals surface area contributed by atoms with Crippen LogP contribution in [0.5, 0.6) is 12.0 Å². The number of aromatic nitrogens is 3. The molecule has 19 heavy (non-hydrogen) atoms. The second-order valence-electron chi connectivity index (χ2n) is 3.71. The Kier molecular flexibility index (Phi) is 4.51. The lowest BCUT2D eigenvalue weighted by molar-refractivity contribution is 0.341. The zero-order chi connectivity index (χ0) is 13.7. The average molecular weight is 280 g/mol. The number of nitrogens with zero attached hydrogens (tertiary/aromatic N) is 3. The number of aryl methyl sites for hydroxylation is 1. The normalized spacial score (nSPS) is 10.3. The molecule has 2 aromatic rings. The van der Waals surface area contributed by atoms with Gasteiger partial charge in [-0.15, -0.1) is 16.3 Å². The van der Waals surface area contributed by atoms with Gasteiger partial charge in [0.15, 0.2) is 0 Å². The van der Waals surface area contributed by atoms with E-state index in [2.05, 4.69) is 39.3 Å². The van der Waals surface area contributed by atoms with Crippen LogP contribution >= 0.6 is 11.3 Å². The van der Waals surface area contributed by atoms with Gasteiger partial charge in [0.1, 0.15) is 0 Å². The van der Waals surface area contributed by atoms with Crippen LogP contribution < -0.4 is 14.8 Å². The van der Waals surface area contributed by atoms with E-state index in [0.29, 0.717) is 12.5 Å². The molecular weight excluding hydrogens is 264 g/mol. The maximum atomic E-state index is 4.99. The van der Waals surface area contributed by atoms with Crippen LogP contribution in [0.15, 0.2) is 12.1 Å². The Balaban J connectivity index is 2.05. The predicted octanol–water partition coefficient (Wildman–Crippen LogP) is 2.12. The van der Waals surface area contributed by atoms with Gasteiger partial charge in [-0.05, 0) is 18.6 Å². The van der Waals surface area contributed by atoms with Crippen LogP contribution in [0.4, 0.5) is 5.95 Å². The summed E-state index contributed by atoms with van der Waals surface area (Å²) >= 11 is 1.78. The number of ether oxygens (including phenoxy) is 2. The van der Waals surface area contributed by atoms with E-state index in [4.69, 9.17) is 9.47 Å². The maximum Gasteiger partial charge on any atom is 0.324 e. The molecule has 0 aromatic carbocycles. The molecule has 0 aliphatic carbocycles. The molecule has 0 aliphatic rings. The SMILES string of the molecule is CCc1ccc(CNc2nc(OC)nc(OC)n2)s1. The van der Waals surface area contributed by atoms with Gasteiger partial charge in [0.25, 0.3) is 0 Å². The Labute approximate surface area is 115 Å². The molecule has 0 spiro atoms. The van der Waals surface area contributed by atoms with Gasteiger partial charge in [0, 0.05) is 9.75 Å². The van der Waals surface area contributed by atoms with Gasteiger partial charge in [-0.3, -0.25) is 0 Å². The van der Waals surface area contributed by atoms with Crippen molar-refractivity contribution < 1.29 is 9.47 Å². The summed E-state index contributed by atoms with van der Waals surface area (Å²) in [6.07, 6.45) is 1.05. The quantitative estimate of drug-likeness (QED) is 0.874. The topological polar surface area (TPSA) is 69.2 Å². The summed E-state index contributed by atoms with van der Waals surface area (Å²) in [5.41, 5.74) is 0. The molecule has 2 rings (SSSR count). The van der Waals surface area contributed by atoms with Crippen LogP contribution in [0.1, 0.15) is 16.7 Å². The maximum absolute atomic E-state index is 4.99. The summed E-state index contributed by atoms with van der Waals surface area (Å²) in [4.78, 5) is 14.8. The van der Waals surface area contributed by atoms with Gasteiger partial charge in [0.2, 0.25) is 5.95 Å². The Hall–Kier alpha value is -1.89. The first-order valence-corrected chi connectivity index (χ1v) is 6.72. The molecule has 0 saturated heterocycles. The molecule has 0 fully saturated rings. The third kappa shape index (κ3) is 3.54. The highest BCUT2D eigenvalue weighted by Gasteiger charge is 2.07. The van der Waals surface area contributed by atoms with E-state index in [-0.39, 0.29) is 12.0 Å². The molecule has 0 atom stereocenters. The van der Waals surface area contributed by atoms with E-state index >= 15 is 0 Å². The van der Waals surface area contributed by atoms with Crippen molar-refractivity contribution in [2.24, 2.45) is 0 Å². The van der Waals surface area contributed by atoms with Gasteiger partial charge in [-0.1, -0.05) is 6.92 Å². The summed E-state index contributed by atoms with van der Waals surface area (Å²) in [5.74, 6) is 0.440. The van der Waals surface area contributed by atoms with Crippen molar-refractivity contribution in [1.29, 1.82) is 0 Å². The number of hydrogen-bond donors (Lipinski definition) is 1. The fourth-order valence-electron chi connectivity index (χ4n) is 1.47. The number of anilines is 1. The summed E-state index contributed by atoms with van der Waals surface area (Å²) < 4.78 is 9.98. The van der Waals surface area contributed by atoms with Gasteiger partial charge >= 0.3 is 12.0 Å². The van der Waals surface area contributed by atoms with Gasteiger partial charge < -0.3 is 14.8 Å². The first-order valence-electron chi connectivity index (χ1n) is 5.90. The summed E-state index contributed by atoms with van der Waals surface area (Å²) in [5, 5.41) is 3.14. The second kappa shape index (κ2) is 6.33. The average Bonchev–Trinajstić information content (AvgIpc) is 2.92. The lowest BCUT2D eigenvalue weighted by atomic mass is 10.4. The third-order valence-electron chi connectivity index (χ3n) is 2.45. The fourth-order valence-corrected chi connectivity index (χ4v) is 2.37. The van der Waals surface area contributed by atoms with Crippen molar-refractivity contribution >= 4 is 17.3 Å². The highest BCUT2D eigenvalue weighted by Crippen LogP contribution is 2.18. The molecule has 6 nitrogen and oxygen atoms in total. The van der Waals surface area contributed by atoms with Crippen LogP contribution in [-0.4, -0.2) is 29.2 Å². The molecule has 102 valence electrons. The van der Waals surface area contributed by atoms with E-state index in [1.165, 1.54) is 24.0 Å². The van der Waals surface area contributed by atoms with E-state index in [0.717, 1.165) is 6.42 Å². The van der Waals surface area contributed by atoms with Crippen LogP contribution in [0.3, 0.4) is 0 Å². The summed E-state index contributed by atoms with van der Waals surface area (Å²) in [6.45, 7) is 2.81. The van der Waals surface area contributed by atoms with Crippen molar-refractivity contribution in [3.8, 4) is 12.0 Å². The monoisotopic (exact) mass is 280 g/mol. The first-order chi connectivity index (χ1) is 9.25. The molecule has 0 unspecified atom stereocenters. The third-order valence-corrected chi connectivity index (χ3v) is 3.68. The molecule has 2 heterocycles. The minimum absolute atomic E-state index is 0.231. The highest BCUT2D eigenvalue weighted by atomic mass is 32.1. The molecule has 0 bridgehead atoms. The lowest BCUT2D eigenvalue weighted by Crippen LogP contribution is -2.06. The highest BCUT2D eigenvalue weighted by molar-refractivity contribution is 7.12. The van der Waals surface area contributed by atoms with E-state index in [1.54, 1.807) is 11.3 Å². The number of hydrogen-bond acceptors (Lipinski definition) is 7. The van der Waals surface area contributed by atoms with Crippen molar-refractivity contribution in [3.05, 3.63) is 21.9 Å². The molecular formula is C12H16N4O2S. The van der Waals surface area contributed by atoms with Crippen molar-refractivity contribution in [1.82, 2.24) is 15.0 Å². The van der Waals surface area contributed by atoms with Crippen LogP contribution in [0, 0.1) is 0 Å². The van der Waals surface area contributed by atoms with Crippen LogP contribution in [0.2, 0.25) is 0 Å². The van der Waals surface area contributed by atoms with Gasteiger partial charge in [-0.2, -0.15) is 9.97 Å². The number of methoxy groups -OCH3 is 2. The second-order valence-corrected chi connectivity index (χ2v) is 4.96. The Bertz CT molecular complexity index is 522. The van der Waals surface area contributed by atoms with E-state index < -0.39 is 0 Å². The van der Waals surface area contributed by atoms with Crippen molar-refractivity contribution in [2.45, 2.75) is 19.9 Å². The predicted molar refractivity (Wildman–Crippen MR) is 74.0 cm³/mol. The molecule has 0 saturated carbocycles. The molecule has 0 aliphatic heterocycles. The van der Waals surface area contributed by atoms with Crippen molar-refractivity contribution in [3.63, 3.8) is 0 Å². The standard InChI is InChI=1S/C12H16N4O2S/c1-4-8-5-6-9(19-8)7-13-10-14-11(17-2)16-12(15-10)18-3/h5-6H,4,7H2,1-3H3,(H,13,14,15,16). The molecule has 2 aromatic heterocycles. The van der Waals surface area contributed by atoms with Crippen molar-refractivity contribution in [2.75, 3.05) is 19.5 Å². The number of rotatable bonds is 6. The molecule has 0 amide bonds. The zero-order valence-corrected chi connectivity index (χ0v) is 12.0.